The van der Waals surface area contributed by atoms with Gasteiger partial charge in [0, 0.05) is 18.3 Å². The number of ketones is 2. The van der Waals surface area contributed by atoms with Gasteiger partial charge >= 0.3 is 5.97 Å². The average Bonchev–Trinajstić information content (AvgIpc) is 2.10. The van der Waals surface area contributed by atoms with Crippen LogP contribution in [0.3, 0.4) is 0 Å². The third-order valence-corrected chi connectivity index (χ3v) is 2.38. The average molecular weight is 214 g/mol. The Hall–Kier alpha value is -1.19. The molecule has 0 fully saturated rings. The summed E-state index contributed by atoms with van der Waals surface area (Å²) in [4.78, 5) is 32.8. The molecule has 0 radical (unpaired) electrons. The SMILES string of the molecule is CC(=O)[C@H](CCC(=O)C(C)C)CC(=O)O. The fourth-order valence-corrected chi connectivity index (χ4v) is 1.27. The molecule has 0 saturated heterocycles. The smallest absolute Gasteiger partial charge is 0.304 e. The van der Waals surface area contributed by atoms with Gasteiger partial charge in [-0.25, -0.2) is 0 Å². The van der Waals surface area contributed by atoms with E-state index in [2.05, 4.69) is 0 Å². The van der Waals surface area contributed by atoms with E-state index in [4.69, 9.17) is 5.11 Å². The molecule has 0 unspecified atom stereocenters. The fraction of sp³-hybridized carbons (Fsp3) is 0.727. The van der Waals surface area contributed by atoms with E-state index in [9.17, 15) is 14.4 Å². The summed E-state index contributed by atoms with van der Waals surface area (Å²) in [5.74, 6) is -1.65. The highest BCUT2D eigenvalue weighted by molar-refractivity contribution is 5.84. The molecule has 0 aromatic carbocycles. The van der Waals surface area contributed by atoms with Gasteiger partial charge in [-0.05, 0) is 13.3 Å². The van der Waals surface area contributed by atoms with Crippen molar-refractivity contribution in [1.29, 1.82) is 0 Å². The van der Waals surface area contributed by atoms with Crippen molar-refractivity contribution in [3.05, 3.63) is 0 Å². The first-order valence-corrected chi connectivity index (χ1v) is 5.09. The summed E-state index contributed by atoms with van der Waals surface area (Å²) < 4.78 is 0. The number of rotatable bonds is 7. The van der Waals surface area contributed by atoms with Crippen molar-refractivity contribution in [2.75, 3.05) is 0 Å². The summed E-state index contributed by atoms with van der Waals surface area (Å²) in [7, 11) is 0. The Morgan fingerprint density at radius 2 is 1.73 bits per heavy atom. The lowest BCUT2D eigenvalue weighted by Gasteiger charge is -2.11. The highest BCUT2D eigenvalue weighted by atomic mass is 16.4. The van der Waals surface area contributed by atoms with Crippen LogP contribution in [0.15, 0.2) is 0 Å². The van der Waals surface area contributed by atoms with Gasteiger partial charge in [0.1, 0.15) is 11.6 Å². The molecule has 0 aliphatic rings. The number of Topliss-reactive ketones (excluding diaryl/α,β-unsaturated/α-hetero) is 2. The summed E-state index contributed by atoms with van der Waals surface area (Å²) in [6.07, 6.45) is 0.453. The van der Waals surface area contributed by atoms with Gasteiger partial charge in [-0.1, -0.05) is 13.8 Å². The van der Waals surface area contributed by atoms with Crippen LogP contribution >= 0.6 is 0 Å². The quantitative estimate of drug-likeness (QED) is 0.699. The minimum atomic E-state index is -0.993. The highest BCUT2D eigenvalue weighted by Crippen LogP contribution is 2.14. The predicted molar refractivity (Wildman–Crippen MR) is 55.5 cm³/mol. The zero-order chi connectivity index (χ0) is 12.0. The molecule has 4 nitrogen and oxygen atoms in total. The lowest BCUT2D eigenvalue weighted by Crippen LogP contribution is -2.18. The number of carboxylic acid groups (broad SMARTS) is 1. The van der Waals surface area contributed by atoms with Crippen LogP contribution in [0.2, 0.25) is 0 Å². The van der Waals surface area contributed by atoms with Gasteiger partial charge in [-0.3, -0.25) is 14.4 Å². The summed E-state index contributed by atoms with van der Waals surface area (Å²) in [6, 6.07) is 0. The van der Waals surface area contributed by atoms with Crippen LogP contribution < -0.4 is 0 Å². The van der Waals surface area contributed by atoms with Crippen LogP contribution in [0.1, 0.15) is 40.0 Å². The van der Waals surface area contributed by atoms with Gasteiger partial charge < -0.3 is 5.11 Å². The number of aliphatic carboxylic acids is 1. The molecule has 0 bridgehead atoms. The second-order valence-electron chi connectivity index (χ2n) is 4.07. The molecule has 0 aliphatic heterocycles. The first-order valence-electron chi connectivity index (χ1n) is 5.09. The van der Waals surface area contributed by atoms with Gasteiger partial charge in [-0.2, -0.15) is 0 Å². The van der Waals surface area contributed by atoms with Crippen LogP contribution in [-0.4, -0.2) is 22.6 Å². The molecule has 4 heteroatoms. The van der Waals surface area contributed by atoms with E-state index >= 15 is 0 Å². The third-order valence-electron chi connectivity index (χ3n) is 2.38. The van der Waals surface area contributed by atoms with Crippen LogP contribution in [-0.2, 0) is 14.4 Å². The Labute approximate surface area is 89.7 Å². The van der Waals surface area contributed by atoms with E-state index in [1.54, 1.807) is 13.8 Å². The third kappa shape index (κ3) is 5.99. The van der Waals surface area contributed by atoms with Crippen LogP contribution in [0.4, 0.5) is 0 Å². The van der Waals surface area contributed by atoms with Crippen molar-refractivity contribution in [2.45, 2.75) is 40.0 Å². The molecular formula is C11H18O4. The van der Waals surface area contributed by atoms with Gasteiger partial charge in [0.25, 0.3) is 0 Å². The molecule has 0 amide bonds. The molecule has 0 rings (SSSR count). The molecule has 0 aromatic heterocycles. The molecule has 0 aromatic rings. The van der Waals surface area contributed by atoms with Crippen LogP contribution in [0, 0.1) is 11.8 Å². The molecule has 1 N–H and O–H groups in total. The topological polar surface area (TPSA) is 71.4 Å². The van der Waals surface area contributed by atoms with E-state index < -0.39 is 11.9 Å². The van der Waals surface area contributed by atoms with Gasteiger partial charge in [-0.15, -0.1) is 0 Å². The molecular weight excluding hydrogens is 196 g/mol. The minimum absolute atomic E-state index is 0.0533. The van der Waals surface area contributed by atoms with E-state index in [1.807, 2.05) is 0 Å². The Bertz CT molecular complexity index is 255. The number of carbonyl (C=O) groups excluding carboxylic acids is 2. The van der Waals surface area contributed by atoms with Gasteiger partial charge in [0.05, 0.1) is 6.42 Å². The predicted octanol–water partition coefficient (Wildman–Crippen LogP) is 1.67. The van der Waals surface area contributed by atoms with Crippen molar-refractivity contribution >= 4 is 17.5 Å². The van der Waals surface area contributed by atoms with E-state index in [0.717, 1.165) is 0 Å². The normalized spacial score (nSPS) is 12.5. The highest BCUT2D eigenvalue weighted by Gasteiger charge is 2.19. The number of hydrogen-bond acceptors (Lipinski definition) is 3. The van der Waals surface area contributed by atoms with Gasteiger partial charge in [0.2, 0.25) is 0 Å². The van der Waals surface area contributed by atoms with Crippen molar-refractivity contribution in [2.24, 2.45) is 11.8 Å². The Balaban J connectivity index is 4.13. The minimum Gasteiger partial charge on any atom is -0.481 e. The lowest BCUT2D eigenvalue weighted by atomic mass is 9.92. The molecule has 0 spiro atoms. The summed E-state index contributed by atoms with van der Waals surface area (Å²) in [6.45, 7) is 4.96. The van der Waals surface area contributed by atoms with E-state index in [-0.39, 0.29) is 30.3 Å². The summed E-state index contributed by atoms with van der Waals surface area (Å²) >= 11 is 0. The molecule has 0 heterocycles. The van der Waals surface area contributed by atoms with E-state index in [1.165, 1.54) is 6.92 Å². The van der Waals surface area contributed by atoms with Crippen molar-refractivity contribution in [3.8, 4) is 0 Å². The largest absolute Gasteiger partial charge is 0.481 e. The van der Waals surface area contributed by atoms with Gasteiger partial charge in [0.15, 0.2) is 0 Å². The van der Waals surface area contributed by atoms with Crippen molar-refractivity contribution in [1.82, 2.24) is 0 Å². The van der Waals surface area contributed by atoms with Crippen molar-refractivity contribution < 1.29 is 19.5 Å². The monoisotopic (exact) mass is 214 g/mol. The Morgan fingerprint density at radius 3 is 2.07 bits per heavy atom. The number of hydrogen-bond donors (Lipinski definition) is 1. The molecule has 86 valence electrons. The maximum atomic E-state index is 11.3. The lowest BCUT2D eigenvalue weighted by molar-refractivity contribution is -0.140. The second kappa shape index (κ2) is 6.32. The van der Waals surface area contributed by atoms with E-state index in [0.29, 0.717) is 6.42 Å². The second-order valence-corrected chi connectivity index (χ2v) is 4.07. The summed E-state index contributed by atoms with van der Waals surface area (Å²) in [5.41, 5.74) is 0. The maximum Gasteiger partial charge on any atom is 0.304 e. The molecule has 15 heavy (non-hydrogen) atoms. The molecule has 0 aliphatic carbocycles. The number of carbonyl (C=O) groups is 3. The maximum absolute atomic E-state index is 11.3. The summed E-state index contributed by atoms with van der Waals surface area (Å²) in [5, 5.41) is 8.57. The first-order chi connectivity index (χ1) is 6.84. The Morgan fingerprint density at radius 1 is 1.20 bits per heavy atom. The first kappa shape index (κ1) is 13.8. The number of carboxylic acids is 1. The molecule has 0 saturated carbocycles. The standard InChI is InChI=1S/C11H18O4/c1-7(2)10(13)5-4-9(8(3)12)6-11(14)15/h7,9H,4-6H2,1-3H3,(H,14,15)/t9-/m1/s1. The zero-order valence-electron chi connectivity index (χ0n) is 9.45. The zero-order valence-corrected chi connectivity index (χ0v) is 9.45. The van der Waals surface area contributed by atoms with Crippen molar-refractivity contribution in [3.63, 3.8) is 0 Å². The fourth-order valence-electron chi connectivity index (χ4n) is 1.27. The Kier molecular flexibility index (Phi) is 5.82. The van der Waals surface area contributed by atoms with Crippen LogP contribution in [0.5, 0.6) is 0 Å². The molecule has 1 atom stereocenters. The van der Waals surface area contributed by atoms with Crippen LogP contribution in [0.25, 0.3) is 0 Å².